The zero-order chi connectivity index (χ0) is 25.3. The van der Waals surface area contributed by atoms with Crippen LogP contribution < -0.4 is 5.32 Å². The Labute approximate surface area is 199 Å². The van der Waals surface area contributed by atoms with E-state index in [1.807, 2.05) is 41.8 Å². The van der Waals surface area contributed by atoms with Crippen LogP contribution in [-0.2, 0) is 22.3 Å². The van der Waals surface area contributed by atoms with Gasteiger partial charge >= 0.3 is 12.1 Å². The van der Waals surface area contributed by atoms with E-state index >= 15 is 0 Å². The molecular formula is C25H25F3N4O3. The second-order valence-corrected chi connectivity index (χ2v) is 8.28. The maximum Gasteiger partial charge on any atom is 0.416 e. The summed E-state index contributed by atoms with van der Waals surface area (Å²) < 4.78 is 47.1. The SMILES string of the molecule is Cc1nn(-c2ccc(C(F)(F)F)cc2)c(C)c1NC(O)COC(=O)Cn1c(C)cc2ccccc21. The molecule has 0 saturated heterocycles. The number of hydrogen-bond acceptors (Lipinski definition) is 5. The maximum atomic E-state index is 12.8. The van der Waals surface area contributed by atoms with E-state index in [1.165, 1.54) is 16.8 Å². The molecule has 4 aromatic rings. The molecule has 1 atom stereocenters. The topological polar surface area (TPSA) is 81.3 Å². The molecule has 184 valence electrons. The second kappa shape index (κ2) is 9.46. The lowest BCUT2D eigenvalue weighted by Gasteiger charge is -2.16. The molecule has 2 N–H and O–H groups in total. The zero-order valence-corrected chi connectivity index (χ0v) is 19.4. The number of esters is 1. The molecule has 2 heterocycles. The van der Waals surface area contributed by atoms with Gasteiger partial charge in [0.1, 0.15) is 13.2 Å². The van der Waals surface area contributed by atoms with Gasteiger partial charge in [-0.1, -0.05) is 18.2 Å². The second-order valence-electron chi connectivity index (χ2n) is 8.28. The number of ether oxygens (including phenoxy) is 1. The average Bonchev–Trinajstić information content (AvgIpc) is 3.27. The van der Waals surface area contributed by atoms with Gasteiger partial charge in [-0.05, 0) is 62.6 Å². The first-order chi connectivity index (χ1) is 16.5. The third kappa shape index (κ3) is 5.17. The summed E-state index contributed by atoms with van der Waals surface area (Å²) in [5, 5.41) is 18.7. The van der Waals surface area contributed by atoms with Crippen LogP contribution in [0.1, 0.15) is 22.6 Å². The Morgan fingerprint density at radius 2 is 1.80 bits per heavy atom. The first kappa shape index (κ1) is 24.3. The number of hydrogen-bond donors (Lipinski definition) is 2. The van der Waals surface area contributed by atoms with Gasteiger partial charge in [0, 0.05) is 11.2 Å². The minimum Gasteiger partial charge on any atom is -0.460 e. The van der Waals surface area contributed by atoms with Gasteiger partial charge in [0.25, 0.3) is 0 Å². The van der Waals surface area contributed by atoms with Crippen LogP contribution in [0.2, 0.25) is 0 Å². The van der Waals surface area contributed by atoms with Crippen LogP contribution in [0.25, 0.3) is 16.6 Å². The van der Waals surface area contributed by atoms with Crippen molar-refractivity contribution in [1.82, 2.24) is 14.3 Å². The lowest BCUT2D eigenvalue weighted by Crippen LogP contribution is -2.28. The first-order valence-electron chi connectivity index (χ1n) is 10.9. The molecule has 0 saturated carbocycles. The summed E-state index contributed by atoms with van der Waals surface area (Å²) in [6, 6.07) is 14.3. The van der Waals surface area contributed by atoms with Crippen molar-refractivity contribution in [2.24, 2.45) is 0 Å². The highest BCUT2D eigenvalue weighted by atomic mass is 19.4. The van der Waals surface area contributed by atoms with Crippen LogP contribution in [0.5, 0.6) is 0 Å². The first-order valence-corrected chi connectivity index (χ1v) is 10.9. The monoisotopic (exact) mass is 486 g/mol. The number of benzene rings is 2. The fraction of sp³-hybridized carbons (Fsp3) is 0.280. The molecule has 7 nitrogen and oxygen atoms in total. The molecule has 2 aromatic heterocycles. The van der Waals surface area contributed by atoms with Crippen LogP contribution in [-0.4, -0.2) is 38.3 Å². The van der Waals surface area contributed by atoms with Gasteiger partial charge in [0.05, 0.1) is 28.3 Å². The summed E-state index contributed by atoms with van der Waals surface area (Å²) in [6.45, 7) is 5.05. The molecule has 0 amide bonds. The van der Waals surface area contributed by atoms with Crippen molar-refractivity contribution in [2.75, 3.05) is 11.9 Å². The number of rotatable bonds is 7. The number of aryl methyl sites for hydroxylation is 2. The van der Waals surface area contributed by atoms with Gasteiger partial charge in [-0.2, -0.15) is 18.3 Å². The number of nitrogens with zero attached hydrogens (tertiary/aromatic N) is 3. The van der Waals surface area contributed by atoms with Crippen molar-refractivity contribution in [3.63, 3.8) is 0 Å². The predicted molar refractivity (Wildman–Crippen MR) is 125 cm³/mol. The van der Waals surface area contributed by atoms with Crippen LogP contribution in [0.3, 0.4) is 0 Å². The van der Waals surface area contributed by atoms with Crippen molar-refractivity contribution < 1.29 is 27.8 Å². The van der Waals surface area contributed by atoms with E-state index in [0.717, 1.165) is 28.7 Å². The Bertz CT molecular complexity index is 1360. The van der Waals surface area contributed by atoms with Crippen molar-refractivity contribution in [2.45, 2.75) is 39.7 Å². The summed E-state index contributed by atoms with van der Waals surface area (Å²) in [4.78, 5) is 12.4. The number of para-hydroxylation sites is 1. The quantitative estimate of drug-likeness (QED) is 0.291. The van der Waals surface area contributed by atoms with Crippen molar-refractivity contribution in [1.29, 1.82) is 0 Å². The smallest absolute Gasteiger partial charge is 0.416 e. The van der Waals surface area contributed by atoms with Gasteiger partial charge in [-0.25, -0.2) is 4.68 Å². The minimum absolute atomic E-state index is 0.00990. The van der Waals surface area contributed by atoms with E-state index in [9.17, 15) is 23.1 Å². The van der Waals surface area contributed by atoms with E-state index in [2.05, 4.69) is 10.4 Å². The molecule has 0 spiro atoms. The highest BCUT2D eigenvalue weighted by molar-refractivity contribution is 5.83. The summed E-state index contributed by atoms with van der Waals surface area (Å²) in [5.74, 6) is -0.496. The Morgan fingerprint density at radius 1 is 1.11 bits per heavy atom. The molecule has 0 radical (unpaired) electrons. The third-order valence-corrected chi connectivity index (χ3v) is 5.75. The van der Waals surface area contributed by atoms with E-state index in [0.29, 0.717) is 22.8 Å². The molecule has 0 aliphatic rings. The Balaban J connectivity index is 1.39. The average molecular weight is 486 g/mol. The molecule has 0 aliphatic heterocycles. The standard InChI is InChI=1S/C25H25F3N4O3/c1-15-12-18-6-4-5-7-21(18)31(15)13-23(34)35-14-22(33)29-24-16(2)30-32(17(24)3)20-10-8-19(9-11-20)25(26,27)28/h4-12,22,29,33H,13-14H2,1-3H3. The number of fused-ring (bicyclic) bond motifs is 1. The van der Waals surface area contributed by atoms with Gasteiger partial charge in [0.2, 0.25) is 0 Å². The lowest BCUT2D eigenvalue weighted by molar-refractivity contribution is -0.146. The number of nitrogens with one attached hydrogen (secondary N) is 1. The summed E-state index contributed by atoms with van der Waals surface area (Å²) in [6.07, 6.45) is -5.63. The number of aliphatic hydroxyl groups excluding tert-OH is 1. The fourth-order valence-corrected chi connectivity index (χ4v) is 4.01. The van der Waals surface area contributed by atoms with E-state index in [4.69, 9.17) is 4.74 Å². The normalized spacial score (nSPS) is 12.7. The predicted octanol–water partition coefficient (Wildman–Crippen LogP) is 4.74. The number of anilines is 1. The molecule has 1 unspecified atom stereocenters. The van der Waals surface area contributed by atoms with E-state index in [-0.39, 0.29) is 13.2 Å². The van der Waals surface area contributed by atoms with Crippen LogP contribution in [0.4, 0.5) is 18.9 Å². The number of aromatic nitrogens is 3. The molecule has 2 aromatic carbocycles. The maximum absolute atomic E-state index is 12.8. The third-order valence-electron chi connectivity index (χ3n) is 5.75. The minimum atomic E-state index is -4.42. The summed E-state index contributed by atoms with van der Waals surface area (Å²) in [5.41, 5.74) is 3.15. The molecule has 10 heteroatoms. The largest absolute Gasteiger partial charge is 0.460 e. The Kier molecular flexibility index (Phi) is 6.58. The number of aliphatic hydroxyl groups is 1. The van der Waals surface area contributed by atoms with Crippen molar-refractivity contribution >= 4 is 22.6 Å². The van der Waals surface area contributed by atoms with Crippen molar-refractivity contribution in [3.05, 3.63) is 77.2 Å². The number of carbonyl (C=O) groups excluding carboxylic acids is 1. The zero-order valence-electron chi connectivity index (χ0n) is 19.4. The van der Waals surface area contributed by atoms with E-state index in [1.54, 1.807) is 13.8 Å². The lowest BCUT2D eigenvalue weighted by atomic mass is 10.2. The molecule has 0 bridgehead atoms. The molecule has 0 aliphatic carbocycles. The number of alkyl halides is 3. The van der Waals surface area contributed by atoms with Gasteiger partial charge in [-0.3, -0.25) is 4.79 Å². The Hall–Kier alpha value is -3.79. The number of halogens is 3. The summed E-state index contributed by atoms with van der Waals surface area (Å²) >= 11 is 0. The molecule has 4 rings (SSSR count). The van der Waals surface area contributed by atoms with Crippen LogP contribution in [0, 0.1) is 20.8 Å². The molecule has 0 fully saturated rings. The van der Waals surface area contributed by atoms with Crippen molar-refractivity contribution in [3.8, 4) is 5.69 Å². The summed E-state index contributed by atoms with van der Waals surface area (Å²) in [7, 11) is 0. The van der Waals surface area contributed by atoms with Gasteiger partial charge in [0.15, 0.2) is 6.23 Å². The van der Waals surface area contributed by atoms with E-state index < -0.39 is 23.9 Å². The molecule has 35 heavy (non-hydrogen) atoms. The van der Waals surface area contributed by atoms with Gasteiger partial charge in [-0.15, -0.1) is 0 Å². The Morgan fingerprint density at radius 3 is 2.49 bits per heavy atom. The highest BCUT2D eigenvalue weighted by Gasteiger charge is 2.30. The van der Waals surface area contributed by atoms with Crippen LogP contribution in [0.15, 0.2) is 54.6 Å². The van der Waals surface area contributed by atoms with Gasteiger partial charge < -0.3 is 19.7 Å². The highest BCUT2D eigenvalue weighted by Crippen LogP contribution is 2.30. The van der Waals surface area contributed by atoms with Crippen LogP contribution >= 0.6 is 0 Å². The molecular weight excluding hydrogens is 461 g/mol. The number of carbonyl (C=O) groups is 1. The fourth-order valence-electron chi connectivity index (χ4n) is 4.01.